The van der Waals surface area contributed by atoms with E-state index in [2.05, 4.69) is 4.98 Å². The van der Waals surface area contributed by atoms with Crippen molar-refractivity contribution in [2.24, 2.45) is 0 Å². The number of hydrogen-bond acceptors (Lipinski definition) is 2. The van der Waals surface area contributed by atoms with Crippen molar-refractivity contribution in [3.63, 3.8) is 0 Å². The number of halogens is 2. The fourth-order valence-electron chi connectivity index (χ4n) is 0.802. The molecule has 1 aromatic rings. The fraction of sp³-hybridized carbons (Fsp3) is 0.375. The summed E-state index contributed by atoms with van der Waals surface area (Å²) in [5, 5.41) is 0.732. The number of rotatable bonds is 2. The minimum absolute atomic E-state index is 0.312. The minimum atomic E-state index is 0.312. The van der Waals surface area contributed by atoms with Crippen molar-refractivity contribution >= 4 is 23.2 Å². The van der Waals surface area contributed by atoms with E-state index in [1.807, 2.05) is 13.8 Å². The molecule has 0 fully saturated rings. The van der Waals surface area contributed by atoms with Gasteiger partial charge in [0.15, 0.2) is 10.9 Å². The van der Waals surface area contributed by atoms with Crippen LogP contribution >= 0.6 is 23.2 Å². The van der Waals surface area contributed by atoms with Gasteiger partial charge in [-0.15, -0.1) is 0 Å². The Morgan fingerprint density at radius 2 is 2.08 bits per heavy atom. The molecule has 0 aromatic carbocycles. The summed E-state index contributed by atoms with van der Waals surface area (Å²) in [5.74, 6) is 0.584. The zero-order chi connectivity index (χ0) is 9.14. The maximum Gasteiger partial charge on any atom is 0.172 e. The average Bonchev–Trinajstić information content (AvgIpc) is 2.01. The molecule has 2 nitrogen and oxygen atoms in total. The third-order valence-electron chi connectivity index (χ3n) is 1.37. The highest BCUT2D eigenvalue weighted by atomic mass is 35.5. The molecule has 12 heavy (non-hydrogen) atoms. The van der Waals surface area contributed by atoms with E-state index < -0.39 is 0 Å². The van der Waals surface area contributed by atoms with Gasteiger partial charge in [-0.05, 0) is 25.5 Å². The maximum atomic E-state index is 5.76. The van der Waals surface area contributed by atoms with Gasteiger partial charge in [0.05, 0.1) is 6.61 Å². The lowest BCUT2D eigenvalue weighted by Gasteiger charge is -2.06. The molecule has 0 spiro atoms. The van der Waals surface area contributed by atoms with E-state index in [1.165, 1.54) is 0 Å². The van der Waals surface area contributed by atoms with Crippen molar-refractivity contribution in [1.82, 2.24) is 4.98 Å². The van der Waals surface area contributed by atoms with Gasteiger partial charge in [0, 0.05) is 0 Å². The number of ether oxygens (including phenoxy) is 1. The Hall–Kier alpha value is -0.470. The quantitative estimate of drug-likeness (QED) is 0.693. The summed E-state index contributed by atoms with van der Waals surface area (Å²) in [6.07, 6.45) is 0. The Morgan fingerprint density at radius 1 is 1.42 bits per heavy atom. The van der Waals surface area contributed by atoms with Crippen molar-refractivity contribution in [3.05, 3.63) is 21.9 Å². The Kier molecular flexibility index (Phi) is 3.18. The molecule has 0 aliphatic rings. The topological polar surface area (TPSA) is 22.1 Å². The molecular weight excluding hydrogens is 197 g/mol. The van der Waals surface area contributed by atoms with E-state index in [4.69, 9.17) is 27.9 Å². The molecule has 0 saturated heterocycles. The summed E-state index contributed by atoms with van der Waals surface area (Å²) in [7, 11) is 0. The number of hydrogen-bond donors (Lipinski definition) is 0. The van der Waals surface area contributed by atoms with E-state index >= 15 is 0 Å². The second-order valence-electron chi connectivity index (χ2n) is 2.32. The van der Waals surface area contributed by atoms with Crippen molar-refractivity contribution < 1.29 is 4.74 Å². The molecule has 0 saturated carbocycles. The standard InChI is InChI=1S/C8H9Cl2NO/c1-3-12-6-4-5(2)7(9)11-8(6)10/h4H,3H2,1-2H3. The number of nitrogens with zero attached hydrogens (tertiary/aromatic N) is 1. The van der Waals surface area contributed by atoms with Crippen LogP contribution in [0.5, 0.6) is 5.75 Å². The Morgan fingerprint density at radius 3 is 2.67 bits per heavy atom. The van der Waals surface area contributed by atoms with E-state index in [9.17, 15) is 0 Å². The van der Waals surface area contributed by atoms with Gasteiger partial charge in [0.2, 0.25) is 0 Å². The second kappa shape index (κ2) is 3.97. The summed E-state index contributed by atoms with van der Waals surface area (Å²) in [4.78, 5) is 3.90. The molecular formula is C8H9Cl2NO. The van der Waals surface area contributed by atoms with Crippen LogP contribution in [0, 0.1) is 6.92 Å². The monoisotopic (exact) mass is 205 g/mol. The zero-order valence-corrected chi connectivity index (χ0v) is 8.41. The summed E-state index contributed by atoms with van der Waals surface area (Å²) in [6, 6.07) is 1.78. The Bertz CT molecular complexity index is 289. The first-order valence-electron chi connectivity index (χ1n) is 3.60. The highest BCUT2D eigenvalue weighted by Crippen LogP contribution is 2.26. The van der Waals surface area contributed by atoms with Gasteiger partial charge in [0.1, 0.15) is 5.15 Å². The van der Waals surface area contributed by atoms with Crippen LogP contribution in [0.25, 0.3) is 0 Å². The van der Waals surface area contributed by atoms with Gasteiger partial charge < -0.3 is 4.74 Å². The molecule has 1 heterocycles. The summed E-state index contributed by atoms with van der Waals surface area (Å²) < 4.78 is 5.22. The van der Waals surface area contributed by atoms with Crippen LogP contribution < -0.4 is 4.74 Å². The SMILES string of the molecule is CCOc1cc(C)c(Cl)nc1Cl. The van der Waals surface area contributed by atoms with E-state index in [0.717, 1.165) is 5.56 Å². The van der Waals surface area contributed by atoms with E-state index in [0.29, 0.717) is 22.7 Å². The molecule has 0 unspecified atom stereocenters. The van der Waals surface area contributed by atoms with Crippen LogP contribution in [0.3, 0.4) is 0 Å². The Balaban J connectivity index is 3.05. The third kappa shape index (κ3) is 2.02. The van der Waals surface area contributed by atoms with Crippen LogP contribution in [0.15, 0.2) is 6.07 Å². The second-order valence-corrected chi connectivity index (χ2v) is 3.03. The van der Waals surface area contributed by atoms with Crippen LogP contribution in [0.2, 0.25) is 10.3 Å². The lowest BCUT2D eigenvalue weighted by molar-refractivity contribution is 0.339. The first kappa shape index (κ1) is 9.62. The van der Waals surface area contributed by atoms with Crippen LogP contribution in [-0.2, 0) is 0 Å². The number of pyridine rings is 1. The van der Waals surface area contributed by atoms with Gasteiger partial charge in [-0.2, -0.15) is 0 Å². The molecule has 0 N–H and O–H groups in total. The van der Waals surface area contributed by atoms with Crippen molar-refractivity contribution in [2.75, 3.05) is 6.61 Å². The van der Waals surface area contributed by atoms with Crippen molar-refractivity contribution in [3.8, 4) is 5.75 Å². The maximum absolute atomic E-state index is 5.76. The van der Waals surface area contributed by atoms with Crippen LogP contribution in [0.4, 0.5) is 0 Å². The molecule has 0 atom stereocenters. The first-order chi connectivity index (χ1) is 5.65. The Labute approximate surface area is 81.5 Å². The molecule has 1 aromatic heterocycles. The largest absolute Gasteiger partial charge is 0.491 e. The van der Waals surface area contributed by atoms with Crippen LogP contribution in [-0.4, -0.2) is 11.6 Å². The lowest BCUT2D eigenvalue weighted by atomic mass is 10.3. The number of aromatic nitrogens is 1. The molecule has 4 heteroatoms. The predicted octanol–water partition coefficient (Wildman–Crippen LogP) is 3.10. The smallest absolute Gasteiger partial charge is 0.172 e. The molecule has 0 aliphatic carbocycles. The zero-order valence-electron chi connectivity index (χ0n) is 6.90. The van der Waals surface area contributed by atoms with E-state index in [1.54, 1.807) is 6.07 Å². The van der Waals surface area contributed by atoms with Crippen LogP contribution in [0.1, 0.15) is 12.5 Å². The molecule has 66 valence electrons. The highest BCUT2D eigenvalue weighted by molar-refractivity contribution is 6.33. The van der Waals surface area contributed by atoms with Crippen molar-refractivity contribution in [2.45, 2.75) is 13.8 Å². The molecule has 0 amide bonds. The molecule has 0 bridgehead atoms. The van der Waals surface area contributed by atoms with Gasteiger partial charge >= 0.3 is 0 Å². The lowest BCUT2D eigenvalue weighted by Crippen LogP contribution is -1.95. The van der Waals surface area contributed by atoms with Gasteiger partial charge in [-0.3, -0.25) is 0 Å². The normalized spacial score (nSPS) is 10.0. The minimum Gasteiger partial charge on any atom is -0.491 e. The fourth-order valence-corrected chi connectivity index (χ4v) is 1.18. The highest BCUT2D eigenvalue weighted by Gasteiger charge is 2.05. The first-order valence-corrected chi connectivity index (χ1v) is 4.36. The van der Waals surface area contributed by atoms with Gasteiger partial charge in [-0.1, -0.05) is 23.2 Å². The van der Waals surface area contributed by atoms with Gasteiger partial charge in [-0.25, -0.2) is 4.98 Å². The summed E-state index contributed by atoms with van der Waals surface area (Å²) >= 11 is 11.5. The van der Waals surface area contributed by atoms with Gasteiger partial charge in [0.25, 0.3) is 0 Å². The summed E-state index contributed by atoms with van der Waals surface area (Å²) in [6.45, 7) is 4.32. The number of aryl methyl sites for hydroxylation is 1. The molecule has 1 rings (SSSR count). The third-order valence-corrected chi connectivity index (χ3v) is 2.03. The molecule has 0 radical (unpaired) electrons. The molecule has 0 aliphatic heterocycles. The average molecular weight is 206 g/mol. The summed E-state index contributed by atoms with van der Waals surface area (Å²) in [5.41, 5.74) is 0.865. The predicted molar refractivity (Wildman–Crippen MR) is 50.2 cm³/mol. The van der Waals surface area contributed by atoms with E-state index in [-0.39, 0.29) is 0 Å². The van der Waals surface area contributed by atoms with Crippen molar-refractivity contribution in [1.29, 1.82) is 0 Å².